The Balaban J connectivity index is 1.43. The molecule has 172 valence electrons. The van der Waals surface area contributed by atoms with Crippen LogP contribution in [0.2, 0.25) is 5.02 Å². The van der Waals surface area contributed by atoms with E-state index < -0.39 is 0 Å². The van der Waals surface area contributed by atoms with E-state index in [4.69, 9.17) is 16.3 Å². The van der Waals surface area contributed by atoms with Gasteiger partial charge in [0.25, 0.3) is 0 Å². The van der Waals surface area contributed by atoms with Gasteiger partial charge in [-0.2, -0.15) is 0 Å². The van der Waals surface area contributed by atoms with Crippen molar-refractivity contribution in [2.75, 3.05) is 46.3 Å². The number of amides is 2. The Morgan fingerprint density at radius 2 is 1.81 bits per heavy atom. The van der Waals surface area contributed by atoms with Crippen molar-refractivity contribution in [2.45, 2.75) is 25.5 Å². The molecule has 0 unspecified atom stereocenters. The molecule has 1 aromatic carbocycles. The van der Waals surface area contributed by atoms with Crippen molar-refractivity contribution in [1.82, 2.24) is 24.3 Å². The number of nitrogens with zero attached hydrogens (tertiary/aromatic N) is 5. The van der Waals surface area contributed by atoms with E-state index in [2.05, 4.69) is 16.9 Å². The van der Waals surface area contributed by atoms with Crippen molar-refractivity contribution < 1.29 is 14.3 Å². The molecule has 9 heteroatoms. The summed E-state index contributed by atoms with van der Waals surface area (Å²) in [7, 11) is 2.07. The minimum absolute atomic E-state index is 0.0324. The normalized spacial score (nSPS) is 22.1. The number of carbonyl (C=O) groups excluding carboxylic acids is 2. The van der Waals surface area contributed by atoms with Gasteiger partial charge in [0.15, 0.2) is 0 Å². The summed E-state index contributed by atoms with van der Waals surface area (Å²) in [4.78, 5) is 35.9. The maximum Gasteiger partial charge on any atom is 0.242 e. The molecule has 2 saturated heterocycles. The molecule has 4 rings (SSSR count). The highest BCUT2D eigenvalue weighted by Crippen LogP contribution is 2.27. The number of halogens is 1. The molecule has 32 heavy (non-hydrogen) atoms. The molecule has 0 spiro atoms. The van der Waals surface area contributed by atoms with Crippen molar-refractivity contribution in [1.29, 1.82) is 0 Å². The van der Waals surface area contributed by atoms with Crippen LogP contribution in [-0.4, -0.2) is 88.5 Å². The van der Waals surface area contributed by atoms with Crippen molar-refractivity contribution in [3.8, 4) is 5.75 Å². The average Bonchev–Trinajstić information content (AvgIpc) is 3.30. The third kappa shape index (κ3) is 5.81. The van der Waals surface area contributed by atoms with Gasteiger partial charge in [-0.3, -0.25) is 9.59 Å². The van der Waals surface area contributed by atoms with Crippen molar-refractivity contribution in [3.63, 3.8) is 0 Å². The van der Waals surface area contributed by atoms with Crippen LogP contribution in [0.15, 0.2) is 43.0 Å². The fraction of sp³-hybridized carbons (Fsp3) is 0.522. The number of piperazine rings is 1. The average molecular weight is 460 g/mol. The first kappa shape index (κ1) is 22.6. The molecule has 2 fully saturated rings. The number of imidazole rings is 1. The first-order valence-electron chi connectivity index (χ1n) is 11.1. The fourth-order valence-electron chi connectivity index (χ4n) is 4.32. The van der Waals surface area contributed by atoms with Crippen LogP contribution in [0.5, 0.6) is 5.75 Å². The first-order chi connectivity index (χ1) is 15.5. The molecule has 0 saturated carbocycles. The van der Waals surface area contributed by atoms with Crippen LogP contribution in [-0.2, 0) is 16.1 Å². The van der Waals surface area contributed by atoms with Gasteiger partial charge in [-0.05, 0) is 31.3 Å². The van der Waals surface area contributed by atoms with E-state index in [0.717, 1.165) is 31.9 Å². The molecular weight excluding hydrogens is 430 g/mol. The number of benzene rings is 1. The Morgan fingerprint density at radius 3 is 2.50 bits per heavy atom. The number of likely N-dealkylation sites (tertiary alicyclic amines) is 1. The second-order valence-corrected chi connectivity index (χ2v) is 9.06. The van der Waals surface area contributed by atoms with Crippen LogP contribution in [0.4, 0.5) is 0 Å². The topological polar surface area (TPSA) is 70.9 Å². The quantitative estimate of drug-likeness (QED) is 0.660. The molecule has 2 amide bonds. The largest absolute Gasteiger partial charge is 0.490 e. The summed E-state index contributed by atoms with van der Waals surface area (Å²) in [5.74, 6) is 0.828. The third-order valence-corrected chi connectivity index (χ3v) is 6.54. The highest BCUT2D eigenvalue weighted by Gasteiger charge is 2.35. The molecule has 2 aliphatic rings. The molecule has 0 bridgehead atoms. The monoisotopic (exact) mass is 459 g/mol. The lowest BCUT2D eigenvalue weighted by molar-refractivity contribution is -0.140. The lowest BCUT2D eigenvalue weighted by Crippen LogP contribution is -2.52. The molecule has 0 N–H and O–H groups in total. The lowest BCUT2D eigenvalue weighted by Gasteiger charge is -2.40. The number of ether oxygens (including phenoxy) is 1. The Kier molecular flexibility index (Phi) is 7.32. The highest BCUT2D eigenvalue weighted by atomic mass is 35.5. The zero-order valence-corrected chi connectivity index (χ0v) is 19.2. The van der Waals surface area contributed by atoms with E-state index in [1.807, 2.05) is 21.9 Å². The molecule has 2 aliphatic heterocycles. The van der Waals surface area contributed by atoms with Gasteiger partial charge in [-0.1, -0.05) is 11.6 Å². The minimum Gasteiger partial charge on any atom is -0.490 e. The number of piperidine rings is 1. The smallest absolute Gasteiger partial charge is 0.242 e. The minimum atomic E-state index is -0.134. The van der Waals surface area contributed by atoms with Crippen LogP contribution in [0.25, 0.3) is 0 Å². The molecular formula is C23H30ClN5O3. The second kappa shape index (κ2) is 10.4. The van der Waals surface area contributed by atoms with Gasteiger partial charge in [0, 0.05) is 75.4 Å². The summed E-state index contributed by atoms with van der Waals surface area (Å²) in [6.45, 7) is 4.62. The van der Waals surface area contributed by atoms with E-state index in [1.165, 1.54) is 0 Å². The predicted molar refractivity (Wildman–Crippen MR) is 121 cm³/mol. The summed E-state index contributed by atoms with van der Waals surface area (Å²) in [5.41, 5.74) is 0. The molecule has 0 aliphatic carbocycles. The summed E-state index contributed by atoms with van der Waals surface area (Å²) in [6, 6.07) is 7.28. The zero-order chi connectivity index (χ0) is 22.5. The van der Waals surface area contributed by atoms with Gasteiger partial charge in [0.1, 0.15) is 18.4 Å². The predicted octanol–water partition coefficient (Wildman–Crippen LogP) is 2.00. The Hall–Kier alpha value is -2.58. The van der Waals surface area contributed by atoms with Crippen LogP contribution < -0.4 is 4.74 Å². The SMILES string of the molecule is CN1CCN(C(=O)C[C@H]2CN(C(=O)Cn3ccnc3)CC[C@@H]2Oc2ccc(Cl)cc2)CC1. The van der Waals surface area contributed by atoms with E-state index >= 15 is 0 Å². The van der Waals surface area contributed by atoms with Gasteiger partial charge in [-0.15, -0.1) is 0 Å². The standard InChI is InChI=1S/C23H30ClN5O3/c1-26-10-12-28(13-11-26)22(30)14-18-15-29(23(31)16-27-9-7-25-17-27)8-6-21(18)32-20-4-2-19(24)3-5-20/h2-5,7,9,17-18,21H,6,8,10-16H2,1H3/t18-,21-/m0/s1. The third-order valence-electron chi connectivity index (χ3n) is 6.29. The van der Waals surface area contributed by atoms with Crippen molar-refractivity contribution in [2.24, 2.45) is 5.92 Å². The maximum absolute atomic E-state index is 13.1. The van der Waals surface area contributed by atoms with E-state index in [-0.39, 0.29) is 30.4 Å². The van der Waals surface area contributed by atoms with Gasteiger partial charge in [0.05, 0.1) is 6.33 Å². The van der Waals surface area contributed by atoms with Gasteiger partial charge in [0.2, 0.25) is 11.8 Å². The molecule has 3 heterocycles. The van der Waals surface area contributed by atoms with Crippen LogP contribution >= 0.6 is 11.6 Å². The van der Waals surface area contributed by atoms with Gasteiger partial charge in [-0.25, -0.2) is 4.98 Å². The number of likely N-dealkylation sites (N-methyl/N-ethyl adjacent to an activating group) is 1. The molecule has 1 aromatic heterocycles. The summed E-state index contributed by atoms with van der Waals surface area (Å²) < 4.78 is 8.04. The Bertz CT molecular complexity index is 897. The van der Waals surface area contributed by atoms with Crippen LogP contribution in [0.3, 0.4) is 0 Å². The van der Waals surface area contributed by atoms with E-state index in [1.54, 1.807) is 35.4 Å². The van der Waals surface area contributed by atoms with E-state index in [9.17, 15) is 9.59 Å². The number of hydrogen-bond acceptors (Lipinski definition) is 5. The molecule has 2 aromatic rings. The summed E-state index contributed by atoms with van der Waals surface area (Å²) >= 11 is 6.00. The van der Waals surface area contributed by atoms with Crippen LogP contribution in [0, 0.1) is 5.92 Å². The Labute approximate surface area is 193 Å². The summed E-state index contributed by atoms with van der Waals surface area (Å²) in [6.07, 6.45) is 6.00. The molecule has 0 radical (unpaired) electrons. The maximum atomic E-state index is 13.1. The second-order valence-electron chi connectivity index (χ2n) is 8.62. The summed E-state index contributed by atoms with van der Waals surface area (Å²) in [5, 5.41) is 0.652. The number of aromatic nitrogens is 2. The number of hydrogen-bond donors (Lipinski definition) is 0. The zero-order valence-electron chi connectivity index (χ0n) is 18.4. The lowest BCUT2D eigenvalue weighted by atomic mass is 9.90. The molecule has 2 atom stereocenters. The first-order valence-corrected chi connectivity index (χ1v) is 11.5. The fourth-order valence-corrected chi connectivity index (χ4v) is 4.45. The van der Waals surface area contributed by atoms with Crippen molar-refractivity contribution >= 4 is 23.4 Å². The molecule has 8 nitrogen and oxygen atoms in total. The number of rotatable bonds is 6. The van der Waals surface area contributed by atoms with Crippen molar-refractivity contribution in [3.05, 3.63) is 48.0 Å². The Morgan fingerprint density at radius 1 is 1.06 bits per heavy atom. The van der Waals surface area contributed by atoms with E-state index in [0.29, 0.717) is 31.0 Å². The van der Waals surface area contributed by atoms with Gasteiger partial charge >= 0.3 is 0 Å². The number of carbonyl (C=O) groups is 2. The van der Waals surface area contributed by atoms with Gasteiger partial charge < -0.3 is 24.0 Å². The highest BCUT2D eigenvalue weighted by molar-refractivity contribution is 6.30. The van der Waals surface area contributed by atoms with Crippen LogP contribution in [0.1, 0.15) is 12.8 Å².